The van der Waals surface area contributed by atoms with Gasteiger partial charge in [0.2, 0.25) is 11.0 Å². The molecule has 2 aromatic heterocycles. The highest BCUT2D eigenvalue weighted by Crippen LogP contribution is 2.32. The molecule has 0 aliphatic heterocycles. The Kier molecular flexibility index (Phi) is 6.34. The molecule has 1 amide bonds. The van der Waals surface area contributed by atoms with Gasteiger partial charge in [0.25, 0.3) is 0 Å². The molecular formula is C22H20N4O3S2. The third kappa shape index (κ3) is 5.31. The summed E-state index contributed by atoms with van der Waals surface area (Å²) in [5, 5.41) is 15.9. The minimum Gasteiger partial charge on any atom is -0.423 e. The Morgan fingerprint density at radius 1 is 1.10 bits per heavy atom. The quantitative estimate of drug-likeness (QED) is 0.294. The summed E-state index contributed by atoms with van der Waals surface area (Å²) in [5.74, 6) is 0.358. The molecule has 2 heterocycles. The van der Waals surface area contributed by atoms with Crippen LogP contribution in [0.5, 0.6) is 0 Å². The van der Waals surface area contributed by atoms with E-state index in [1.807, 2.05) is 18.2 Å². The maximum atomic E-state index is 12.0. The van der Waals surface area contributed by atoms with Crippen molar-refractivity contribution in [3.8, 4) is 0 Å². The summed E-state index contributed by atoms with van der Waals surface area (Å²) in [5.41, 5.74) is 3.67. The van der Waals surface area contributed by atoms with Gasteiger partial charge in [0, 0.05) is 41.6 Å². The van der Waals surface area contributed by atoms with E-state index in [9.17, 15) is 9.59 Å². The van der Waals surface area contributed by atoms with Crippen LogP contribution in [0.4, 0.5) is 16.5 Å². The highest BCUT2D eigenvalue weighted by molar-refractivity contribution is 8.00. The number of carbonyl (C=O) groups excluding carboxylic acids is 1. The second kappa shape index (κ2) is 9.32. The Balaban J connectivity index is 1.47. The number of aryl methyl sites for hydroxylation is 1. The fourth-order valence-corrected chi connectivity index (χ4v) is 4.80. The third-order valence-corrected chi connectivity index (χ3v) is 6.54. The molecule has 0 atom stereocenters. The summed E-state index contributed by atoms with van der Waals surface area (Å²) in [6.07, 6.45) is 1.00. The molecule has 0 saturated carbocycles. The molecule has 0 unspecified atom stereocenters. The van der Waals surface area contributed by atoms with E-state index in [-0.39, 0.29) is 5.91 Å². The van der Waals surface area contributed by atoms with Crippen LogP contribution in [0.2, 0.25) is 0 Å². The number of aromatic nitrogens is 2. The zero-order valence-corrected chi connectivity index (χ0v) is 18.6. The molecule has 0 fully saturated rings. The molecule has 0 radical (unpaired) electrons. The number of hydrogen-bond acceptors (Lipinski definition) is 8. The molecule has 31 heavy (non-hydrogen) atoms. The first-order chi connectivity index (χ1) is 15.0. The smallest absolute Gasteiger partial charge is 0.336 e. The second-order valence-corrected chi connectivity index (χ2v) is 9.02. The second-order valence-electron chi connectivity index (χ2n) is 6.82. The van der Waals surface area contributed by atoms with Crippen molar-refractivity contribution in [1.29, 1.82) is 0 Å². The van der Waals surface area contributed by atoms with E-state index in [2.05, 4.69) is 39.9 Å². The van der Waals surface area contributed by atoms with Crippen molar-refractivity contribution in [1.82, 2.24) is 10.2 Å². The molecule has 0 bridgehead atoms. The fraction of sp³-hybridized carbons (Fsp3) is 0.182. The monoisotopic (exact) mass is 452 g/mol. The first-order valence-corrected chi connectivity index (χ1v) is 11.5. The molecule has 0 aliphatic rings. The van der Waals surface area contributed by atoms with E-state index in [1.165, 1.54) is 41.7 Å². The topological polar surface area (TPSA) is 97.1 Å². The maximum absolute atomic E-state index is 12.0. The SMILES string of the molecule is CCc1ccc(Nc2nnc(SCc3cc(=O)oc4cc(NC(C)=O)ccc34)s2)cc1. The largest absolute Gasteiger partial charge is 0.423 e. The average molecular weight is 453 g/mol. The molecule has 4 aromatic rings. The summed E-state index contributed by atoms with van der Waals surface area (Å²) in [6, 6.07) is 15.0. The number of anilines is 3. The van der Waals surface area contributed by atoms with Crippen LogP contribution in [0, 0.1) is 0 Å². The lowest BCUT2D eigenvalue weighted by Crippen LogP contribution is -2.06. The molecule has 7 nitrogen and oxygen atoms in total. The lowest BCUT2D eigenvalue weighted by atomic mass is 10.1. The van der Waals surface area contributed by atoms with Crippen molar-refractivity contribution in [3.63, 3.8) is 0 Å². The molecule has 4 rings (SSSR count). The van der Waals surface area contributed by atoms with Gasteiger partial charge in [-0.05, 0) is 41.8 Å². The minimum absolute atomic E-state index is 0.185. The van der Waals surface area contributed by atoms with Gasteiger partial charge in [0.1, 0.15) is 5.58 Å². The zero-order chi connectivity index (χ0) is 21.8. The van der Waals surface area contributed by atoms with Gasteiger partial charge in [-0.1, -0.05) is 42.2 Å². The lowest BCUT2D eigenvalue weighted by Gasteiger charge is -2.07. The van der Waals surface area contributed by atoms with Gasteiger partial charge in [0.15, 0.2) is 4.34 Å². The van der Waals surface area contributed by atoms with Gasteiger partial charge < -0.3 is 15.1 Å². The summed E-state index contributed by atoms with van der Waals surface area (Å²) in [7, 11) is 0. The van der Waals surface area contributed by atoms with E-state index in [0.717, 1.165) is 27.4 Å². The zero-order valence-electron chi connectivity index (χ0n) is 17.0. The van der Waals surface area contributed by atoms with Crippen molar-refractivity contribution in [3.05, 3.63) is 70.1 Å². The Labute approximate surface area is 186 Å². The fourth-order valence-electron chi connectivity index (χ4n) is 3.04. The van der Waals surface area contributed by atoms with Crippen LogP contribution in [0.15, 0.2) is 62.1 Å². The number of thioether (sulfide) groups is 1. The molecule has 0 spiro atoms. The summed E-state index contributed by atoms with van der Waals surface area (Å²) >= 11 is 2.96. The summed E-state index contributed by atoms with van der Waals surface area (Å²) < 4.78 is 6.11. The molecular weight excluding hydrogens is 432 g/mol. The van der Waals surface area contributed by atoms with Crippen molar-refractivity contribution in [2.45, 2.75) is 30.4 Å². The van der Waals surface area contributed by atoms with Gasteiger partial charge in [0.05, 0.1) is 0 Å². The number of hydrogen-bond donors (Lipinski definition) is 2. The molecule has 9 heteroatoms. The predicted octanol–water partition coefficient (Wildman–Crippen LogP) is 5.20. The van der Waals surface area contributed by atoms with Crippen molar-refractivity contribution in [2.24, 2.45) is 0 Å². The van der Waals surface area contributed by atoms with E-state index < -0.39 is 5.63 Å². The van der Waals surface area contributed by atoms with Gasteiger partial charge in [-0.25, -0.2) is 4.79 Å². The first kappa shape index (κ1) is 21.1. The van der Waals surface area contributed by atoms with Crippen LogP contribution in [-0.4, -0.2) is 16.1 Å². The number of carbonyl (C=O) groups is 1. The molecule has 0 saturated heterocycles. The van der Waals surface area contributed by atoms with Crippen LogP contribution in [0.1, 0.15) is 25.0 Å². The van der Waals surface area contributed by atoms with E-state index in [1.54, 1.807) is 12.1 Å². The molecule has 2 aromatic carbocycles. The van der Waals surface area contributed by atoms with Crippen LogP contribution in [0.3, 0.4) is 0 Å². The van der Waals surface area contributed by atoms with E-state index in [4.69, 9.17) is 4.42 Å². The van der Waals surface area contributed by atoms with Gasteiger partial charge >= 0.3 is 5.63 Å². The highest BCUT2D eigenvalue weighted by atomic mass is 32.2. The van der Waals surface area contributed by atoms with Gasteiger partial charge in [-0.2, -0.15) is 0 Å². The molecule has 2 N–H and O–H groups in total. The minimum atomic E-state index is -0.432. The summed E-state index contributed by atoms with van der Waals surface area (Å²) in [4.78, 5) is 23.3. The van der Waals surface area contributed by atoms with E-state index in [0.29, 0.717) is 22.2 Å². The number of nitrogens with one attached hydrogen (secondary N) is 2. The first-order valence-electron chi connectivity index (χ1n) is 9.67. The Morgan fingerprint density at radius 3 is 2.61 bits per heavy atom. The normalized spacial score (nSPS) is 10.9. The van der Waals surface area contributed by atoms with E-state index >= 15 is 0 Å². The van der Waals surface area contributed by atoms with Gasteiger partial charge in [-0.15, -0.1) is 10.2 Å². The van der Waals surface area contributed by atoms with Crippen LogP contribution < -0.4 is 16.3 Å². The molecule has 158 valence electrons. The number of amides is 1. The van der Waals surface area contributed by atoms with Crippen LogP contribution >= 0.6 is 23.1 Å². The maximum Gasteiger partial charge on any atom is 0.336 e. The third-order valence-electron chi connectivity index (χ3n) is 4.52. The van der Waals surface area contributed by atoms with Crippen LogP contribution in [0.25, 0.3) is 11.0 Å². The van der Waals surface area contributed by atoms with Crippen LogP contribution in [-0.2, 0) is 17.0 Å². The van der Waals surface area contributed by atoms with Gasteiger partial charge in [-0.3, -0.25) is 4.79 Å². The standard InChI is InChI=1S/C22H20N4O3S2/c1-3-14-4-6-16(7-5-14)24-21-25-26-22(31-21)30-12-15-10-20(28)29-19-11-17(23-13(2)27)8-9-18(15)19/h4-11H,3,12H2,1-2H3,(H,23,27)(H,24,25). The van der Waals surface area contributed by atoms with Crippen molar-refractivity contribution >= 4 is 56.5 Å². The Morgan fingerprint density at radius 2 is 1.87 bits per heavy atom. The Hall–Kier alpha value is -3.17. The lowest BCUT2D eigenvalue weighted by molar-refractivity contribution is -0.114. The Bertz CT molecular complexity index is 1280. The number of rotatable bonds is 7. The van der Waals surface area contributed by atoms with Crippen molar-refractivity contribution in [2.75, 3.05) is 10.6 Å². The molecule has 0 aliphatic carbocycles. The highest BCUT2D eigenvalue weighted by Gasteiger charge is 2.11. The number of benzene rings is 2. The average Bonchev–Trinajstić information content (AvgIpc) is 3.19. The van der Waals surface area contributed by atoms with Crippen molar-refractivity contribution < 1.29 is 9.21 Å². The number of fused-ring (bicyclic) bond motifs is 1. The number of nitrogens with zero attached hydrogens (tertiary/aromatic N) is 2. The predicted molar refractivity (Wildman–Crippen MR) is 125 cm³/mol. The summed E-state index contributed by atoms with van der Waals surface area (Å²) in [6.45, 7) is 3.55.